The Morgan fingerprint density at radius 2 is 2.07 bits per heavy atom. The molecule has 0 spiro atoms. The van der Waals surface area contributed by atoms with Crippen LogP contribution in [0.5, 0.6) is 0 Å². The van der Waals surface area contributed by atoms with Gasteiger partial charge in [-0.25, -0.2) is 9.97 Å². The van der Waals surface area contributed by atoms with E-state index in [1.54, 1.807) is 7.11 Å². The van der Waals surface area contributed by atoms with Gasteiger partial charge in [-0.15, -0.1) is 0 Å². The summed E-state index contributed by atoms with van der Waals surface area (Å²) in [4.78, 5) is 8.41. The average molecular weight is 209 g/mol. The third-order valence-corrected chi connectivity index (χ3v) is 2.12. The first-order chi connectivity index (χ1) is 7.26. The van der Waals surface area contributed by atoms with Gasteiger partial charge in [-0.05, 0) is 18.9 Å². The molecule has 0 bridgehead atoms. The molecule has 0 saturated heterocycles. The highest BCUT2D eigenvalue weighted by Crippen LogP contribution is 2.05. The molecule has 0 aromatic carbocycles. The number of ether oxygens (including phenoxy) is 1. The van der Waals surface area contributed by atoms with Crippen LogP contribution in [0.3, 0.4) is 0 Å². The summed E-state index contributed by atoms with van der Waals surface area (Å²) in [6, 6.07) is 0.294. The molecule has 0 aliphatic carbocycles. The van der Waals surface area contributed by atoms with Gasteiger partial charge in [0.2, 0.25) is 5.95 Å². The number of hydrogen-bond donors (Lipinski definition) is 1. The molecule has 1 N–H and O–H groups in total. The van der Waals surface area contributed by atoms with Gasteiger partial charge in [0.05, 0.1) is 12.6 Å². The first-order valence-corrected chi connectivity index (χ1v) is 5.30. The molecule has 15 heavy (non-hydrogen) atoms. The van der Waals surface area contributed by atoms with Crippen LogP contribution < -0.4 is 5.32 Å². The molecule has 1 unspecified atom stereocenters. The van der Waals surface area contributed by atoms with Gasteiger partial charge in [0.1, 0.15) is 0 Å². The lowest BCUT2D eigenvalue weighted by molar-refractivity contribution is 0.182. The summed E-state index contributed by atoms with van der Waals surface area (Å²) in [6.07, 6.45) is 5.80. The van der Waals surface area contributed by atoms with Gasteiger partial charge < -0.3 is 10.1 Å². The van der Waals surface area contributed by atoms with E-state index in [0.717, 1.165) is 18.4 Å². The summed E-state index contributed by atoms with van der Waals surface area (Å²) >= 11 is 0. The zero-order chi connectivity index (χ0) is 11.1. The lowest BCUT2D eigenvalue weighted by Crippen LogP contribution is -2.25. The van der Waals surface area contributed by atoms with E-state index in [0.29, 0.717) is 18.6 Å². The maximum Gasteiger partial charge on any atom is 0.222 e. The zero-order valence-corrected chi connectivity index (χ0v) is 9.66. The van der Waals surface area contributed by atoms with Crippen LogP contribution >= 0.6 is 0 Å². The van der Waals surface area contributed by atoms with E-state index >= 15 is 0 Å². The van der Waals surface area contributed by atoms with Crippen molar-refractivity contribution < 1.29 is 4.74 Å². The van der Waals surface area contributed by atoms with Gasteiger partial charge in [-0.1, -0.05) is 13.3 Å². The Balaban J connectivity index is 2.53. The number of hydrogen-bond acceptors (Lipinski definition) is 4. The second-order valence-corrected chi connectivity index (χ2v) is 3.67. The minimum atomic E-state index is 0.294. The van der Waals surface area contributed by atoms with Crippen molar-refractivity contribution in [1.82, 2.24) is 9.97 Å². The maximum atomic E-state index is 5.13. The number of methoxy groups -OCH3 is 1. The van der Waals surface area contributed by atoms with E-state index in [9.17, 15) is 0 Å². The summed E-state index contributed by atoms with van der Waals surface area (Å²) in [6.45, 7) is 4.81. The number of aromatic nitrogens is 2. The maximum absolute atomic E-state index is 5.13. The summed E-state index contributed by atoms with van der Waals surface area (Å²) in [5, 5.41) is 3.26. The van der Waals surface area contributed by atoms with Crippen molar-refractivity contribution >= 4 is 5.95 Å². The molecule has 0 saturated carbocycles. The van der Waals surface area contributed by atoms with Gasteiger partial charge in [0, 0.05) is 19.5 Å². The summed E-state index contributed by atoms with van der Waals surface area (Å²) in [5.41, 5.74) is 1.07. The molecular formula is C11H19N3O. The van der Waals surface area contributed by atoms with Crippen LogP contribution in [0.2, 0.25) is 0 Å². The number of nitrogens with zero attached hydrogens (tertiary/aromatic N) is 2. The zero-order valence-electron chi connectivity index (χ0n) is 9.66. The lowest BCUT2D eigenvalue weighted by Gasteiger charge is -2.16. The molecule has 1 heterocycles. The van der Waals surface area contributed by atoms with Gasteiger partial charge >= 0.3 is 0 Å². The highest BCUT2D eigenvalue weighted by atomic mass is 16.5. The van der Waals surface area contributed by atoms with Crippen LogP contribution in [-0.4, -0.2) is 29.7 Å². The molecule has 1 aromatic heterocycles. The largest absolute Gasteiger partial charge is 0.383 e. The number of nitrogens with one attached hydrogen (secondary N) is 1. The second kappa shape index (κ2) is 6.35. The predicted octanol–water partition coefficient (Wildman–Crippen LogP) is 2.01. The second-order valence-electron chi connectivity index (χ2n) is 3.67. The Hall–Kier alpha value is -1.16. The minimum Gasteiger partial charge on any atom is -0.383 e. The van der Waals surface area contributed by atoms with Crippen LogP contribution in [0.15, 0.2) is 12.4 Å². The summed E-state index contributed by atoms with van der Waals surface area (Å²) < 4.78 is 5.13. The Bertz CT molecular complexity index is 268. The van der Waals surface area contributed by atoms with E-state index in [-0.39, 0.29) is 0 Å². The summed E-state index contributed by atoms with van der Waals surface area (Å²) in [5.74, 6) is 0.677. The van der Waals surface area contributed by atoms with Gasteiger partial charge in [0.25, 0.3) is 0 Å². The molecule has 4 nitrogen and oxygen atoms in total. The quantitative estimate of drug-likeness (QED) is 0.778. The monoisotopic (exact) mass is 209 g/mol. The third-order valence-electron chi connectivity index (χ3n) is 2.12. The molecular weight excluding hydrogens is 190 g/mol. The van der Waals surface area contributed by atoms with E-state index in [4.69, 9.17) is 4.74 Å². The molecule has 0 fully saturated rings. The molecule has 1 rings (SSSR count). The van der Waals surface area contributed by atoms with E-state index in [1.807, 2.05) is 19.3 Å². The normalized spacial score (nSPS) is 12.5. The Morgan fingerprint density at radius 1 is 1.40 bits per heavy atom. The molecule has 84 valence electrons. The van der Waals surface area contributed by atoms with Gasteiger partial charge in [0.15, 0.2) is 0 Å². The van der Waals surface area contributed by atoms with Gasteiger partial charge in [-0.2, -0.15) is 0 Å². The van der Waals surface area contributed by atoms with Crippen LogP contribution in [0.25, 0.3) is 0 Å². The molecule has 0 amide bonds. The number of anilines is 1. The van der Waals surface area contributed by atoms with Crippen molar-refractivity contribution in [3.8, 4) is 0 Å². The smallest absolute Gasteiger partial charge is 0.222 e. The highest BCUT2D eigenvalue weighted by molar-refractivity contribution is 5.25. The van der Waals surface area contributed by atoms with Crippen molar-refractivity contribution in [1.29, 1.82) is 0 Å². The van der Waals surface area contributed by atoms with E-state index < -0.39 is 0 Å². The molecule has 1 aromatic rings. The lowest BCUT2D eigenvalue weighted by atomic mass is 10.2. The first-order valence-electron chi connectivity index (χ1n) is 5.30. The number of aryl methyl sites for hydroxylation is 1. The fraction of sp³-hybridized carbons (Fsp3) is 0.636. The highest BCUT2D eigenvalue weighted by Gasteiger charge is 2.07. The minimum absolute atomic E-state index is 0.294. The van der Waals surface area contributed by atoms with Crippen LogP contribution in [0.4, 0.5) is 5.95 Å². The van der Waals surface area contributed by atoms with Crippen molar-refractivity contribution in [3.63, 3.8) is 0 Å². The third kappa shape index (κ3) is 4.25. The molecule has 0 radical (unpaired) electrons. The Labute approximate surface area is 91.1 Å². The van der Waals surface area contributed by atoms with Crippen molar-refractivity contribution in [2.75, 3.05) is 19.0 Å². The standard InChI is InChI=1S/C11H19N3O/c1-4-5-10(8-15-3)14-11-12-6-9(2)7-13-11/h6-7,10H,4-5,8H2,1-3H3,(H,12,13,14). The molecule has 1 atom stereocenters. The Kier molecular flexibility index (Phi) is 5.04. The Morgan fingerprint density at radius 3 is 2.60 bits per heavy atom. The van der Waals surface area contributed by atoms with Crippen LogP contribution in [0, 0.1) is 6.92 Å². The first kappa shape index (κ1) is 11.9. The SMILES string of the molecule is CCCC(COC)Nc1ncc(C)cn1. The topological polar surface area (TPSA) is 47.0 Å². The van der Waals surface area contributed by atoms with Crippen LogP contribution in [0.1, 0.15) is 25.3 Å². The van der Waals surface area contributed by atoms with Crippen LogP contribution in [-0.2, 0) is 4.74 Å². The van der Waals surface area contributed by atoms with E-state index in [2.05, 4.69) is 22.2 Å². The van der Waals surface area contributed by atoms with Crippen molar-refractivity contribution in [2.24, 2.45) is 0 Å². The molecule has 4 heteroatoms. The number of rotatable bonds is 6. The van der Waals surface area contributed by atoms with Gasteiger partial charge in [-0.3, -0.25) is 0 Å². The fourth-order valence-corrected chi connectivity index (χ4v) is 1.40. The van der Waals surface area contributed by atoms with E-state index in [1.165, 1.54) is 0 Å². The average Bonchev–Trinajstić information content (AvgIpc) is 2.22. The fourth-order valence-electron chi connectivity index (χ4n) is 1.40. The molecule has 0 aliphatic heterocycles. The van der Waals surface area contributed by atoms with Crippen molar-refractivity contribution in [3.05, 3.63) is 18.0 Å². The summed E-state index contributed by atoms with van der Waals surface area (Å²) in [7, 11) is 1.71. The predicted molar refractivity (Wildman–Crippen MR) is 61.0 cm³/mol. The van der Waals surface area contributed by atoms with Crippen molar-refractivity contribution in [2.45, 2.75) is 32.7 Å². The molecule has 0 aliphatic rings.